The van der Waals surface area contributed by atoms with Crippen molar-refractivity contribution >= 4 is 10.4 Å². The molecule has 0 atom stereocenters. The van der Waals surface area contributed by atoms with Crippen molar-refractivity contribution in [3.05, 3.63) is 12.2 Å². The molecule has 0 saturated carbocycles. The quantitative estimate of drug-likeness (QED) is 0.367. The maximum atomic E-state index is 8.74. The van der Waals surface area contributed by atoms with Crippen LogP contribution in [0.25, 0.3) is 0 Å². The van der Waals surface area contributed by atoms with Crippen molar-refractivity contribution in [3.63, 3.8) is 0 Å². The molecule has 0 unspecified atom stereocenters. The van der Waals surface area contributed by atoms with Gasteiger partial charge < -0.3 is 5.73 Å². The predicted molar refractivity (Wildman–Crippen MR) is 65.7 cm³/mol. The van der Waals surface area contributed by atoms with Crippen molar-refractivity contribution in [1.82, 2.24) is 0 Å². The summed E-state index contributed by atoms with van der Waals surface area (Å²) in [6.45, 7) is 2.93. The van der Waals surface area contributed by atoms with Gasteiger partial charge in [0.25, 0.3) is 0 Å². The Hall–Kier alpha value is -0.430. The van der Waals surface area contributed by atoms with Crippen molar-refractivity contribution in [2.24, 2.45) is 5.73 Å². The minimum Gasteiger partial charge on any atom is -0.327 e. The SMILES string of the molecule is CCCCCCCC=CCN.O=S(=O)(O)O. The molecule has 0 spiro atoms. The Labute approximate surface area is 98.3 Å². The summed E-state index contributed by atoms with van der Waals surface area (Å²) in [6.07, 6.45) is 12.3. The first-order valence-electron chi connectivity index (χ1n) is 5.46. The van der Waals surface area contributed by atoms with Crippen LogP contribution in [0.1, 0.15) is 45.4 Å². The maximum absolute atomic E-state index is 8.74. The van der Waals surface area contributed by atoms with E-state index in [1.54, 1.807) is 0 Å². The molecule has 5 nitrogen and oxygen atoms in total. The van der Waals surface area contributed by atoms with Crippen LogP contribution in [0.5, 0.6) is 0 Å². The van der Waals surface area contributed by atoms with E-state index in [1.807, 2.05) is 6.08 Å². The highest BCUT2D eigenvalue weighted by Gasteiger charge is 1.85. The number of hydrogen-bond acceptors (Lipinski definition) is 3. The summed E-state index contributed by atoms with van der Waals surface area (Å²) in [6, 6.07) is 0. The first kappa shape index (κ1) is 17.9. The van der Waals surface area contributed by atoms with E-state index >= 15 is 0 Å². The Kier molecular flexibility index (Phi) is 14.2. The topological polar surface area (TPSA) is 101 Å². The number of unbranched alkanes of at least 4 members (excludes halogenated alkanes) is 5. The molecule has 0 aliphatic heterocycles. The molecule has 0 saturated heterocycles. The van der Waals surface area contributed by atoms with Crippen LogP contribution in [0, 0.1) is 0 Å². The molecule has 0 radical (unpaired) electrons. The van der Waals surface area contributed by atoms with Gasteiger partial charge in [-0.25, -0.2) is 0 Å². The van der Waals surface area contributed by atoms with E-state index in [1.165, 1.54) is 38.5 Å². The summed E-state index contributed by atoms with van der Waals surface area (Å²) >= 11 is 0. The smallest absolute Gasteiger partial charge is 0.327 e. The van der Waals surface area contributed by atoms with Crippen molar-refractivity contribution in [1.29, 1.82) is 0 Å². The molecule has 0 aromatic rings. The number of allylic oxidation sites excluding steroid dienone is 1. The van der Waals surface area contributed by atoms with Crippen LogP contribution >= 0.6 is 0 Å². The van der Waals surface area contributed by atoms with Crippen molar-refractivity contribution in [3.8, 4) is 0 Å². The van der Waals surface area contributed by atoms with E-state index in [-0.39, 0.29) is 0 Å². The third kappa shape index (κ3) is 37.4. The Bertz CT molecular complexity index is 242. The van der Waals surface area contributed by atoms with Crippen LogP contribution in [-0.4, -0.2) is 24.1 Å². The number of hydrogen-bond donors (Lipinski definition) is 3. The lowest BCUT2D eigenvalue weighted by Crippen LogP contribution is -1.91. The van der Waals surface area contributed by atoms with Crippen molar-refractivity contribution in [2.75, 3.05) is 6.54 Å². The summed E-state index contributed by atoms with van der Waals surface area (Å²) in [5.41, 5.74) is 5.30. The van der Waals surface area contributed by atoms with E-state index in [0.29, 0.717) is 6.54 Å². The number of rotatable bonds is 7. The van der Waals surface area contributed by atoms with Gasteiger partial charge in [-0.2, -0.15) is 8.42 Å². The monoisotopic (exact) mass is 253 g/mol. The van der Waals surface area contributed by atoms with Gasteiger partial charge in [0.1, 0.15) is 0 Å². The van der Waals surface area contributed by atoms with Gasteiger partial charge in [0.05, 0.1) is 0 Å². The van der Waals surface area contributed by atoms with Crippen LogP contribution in [0.2, 0.25) is 0 Å². The van der Waals surface area contributed by atoms with Gasteiger partial charge in [0, 0.05) is 6.54 Å². The maximum Gasteiger partial charge on any atom is 0.394 e. The summed E-state index contributed by atoms with van der Waals surface area (Å²) in [4.78, 5) is 0. The first-order valence-corrected chi connectivity index (χ1v) is 6.86. The van der Waals surface area contributed by atoms with Crippen LogP contribution in [-0.2, 0) is 10.4 Å². The first-order chi connectivity index (χ1) is 7.41. The van der Waals surface area contributed by atoms with Crippen LogP contribution in [0.4, 0.5) is 0 Å². The van der Waals surface area contributed by atoms with Gasteiger partial charge in [-0.05, 0) is 12.8 Å². The highest BCUT2D eigenvalue weighted by atomic mass is 32.3. The fraction of sp³-hybridized carbons (Fsp3) is 0.800. The standard InChI is InChI=1S/C10H21N.H2O4S/c1-2-3-4-5-6-7-8-9-10-11;1-5(2,3)4/h8-9H,2-7,10-11H2,1H3;(H2,1,2,3,4). The number of nitrogens with two attached hydrogens (primary N) is 1. The second-order valence-electron chi connectivity index (χ2n) is 3.36. The zero-order valence-corrected chi connectivity index (χ0v) is 10.6. The van der Waals surface area contributed by atoms with E-state index in [0.717, 1.165) is 0 Å². The molecule has 0 aromatic carbocycles. The summed E-state index contributed by atoms with van der Waals surface area (Å²) in [7, 11) is -4.67. The highest BCUT2D eigenvalue weighted by Crippen LogP contribution is 2.04. The van der Waals surface area contributed by atoms with Gasteiger partial charge in [-0.15, -0.1) is 0 Å². The Morgan fingerprint density at radius 1 is 1.06 bits per heavy atom. The van der Waals surface area contributed by atoms with E-state index in [2.05, 4.69) is 13.0 Å². The van der Waals surface area contributed by atoms with Crippen LogP contribution in [0.3, 0.4) is 0 Å². The molecule has 0 aliphatic rings. The zero-order valence-electron chi connectivity index (χ0n) is 9.80. The average Bonchev–Trinajstić information content (AvgIpc) is 2.14. The molecule has 6 heteroatoms. The van der Waals surface area contributed by atoms with E-state index in [4.69, 9.17) is 23.3 Å². The Balaban J connectivity index is 0. The normalized spacial score (nSPS) is 11.2. The largest absolute Gasteiger partial charge is 0.394 e. The minimum absolute atomic E-state index is 0.689. The Morgan fingerprint density at radius 2 is 1.56 bits per heavy atom. The average molecular weight is 253 g/mol. The molecule has 0 fully saturated rings. The molecule has 4 N–H and O–H groups in total. The molecule has 0 amide bonds. The third-order valence-electron chi connectivity index (χ3n) is 1.78. The summed E-state index contributed by atoms with van der Waals surface area (Å²) in [5, 5.41) is 0. The van der Waals surface area contributed by atoms with E-state index in [9.17, 15) is 0 Å². The molecule has 0 heterocycles. The molecule has 16 heavy (non-hydrogen) atoms. The predicted octanol–water partition coefficient (Wildman–Crippen LogP) is 2.21. The fourth-order valence-corrected chi connectivity index (χ4v) is 1.08. The fourth-order valence-electron chi connectivity index (χ4n) is 1.08. The second kappa shape index (κ2) is 12.6. The lowest BCUT2D eigenvalue weighted by molar-refractivity contribution is 0.381. The molecule has 98 valence electrons. The lowest BCUT2D eigenvalue weighted by Gasteiger charge is -1.95. The molecular weight excluding hydrogens is 230 g/mol. The Morgan fingerprint density at radius 3 is 2.00 bits per heavy atom. The van der Waals surface area contributed by atoms with Gasteiger partial charge in [-0.1, -0.05) is 44.8 Å². The van der Waals surface area contributed by atoms with E-state index < -0.39 is 10.4 Å². The van der Waals surface area contributed by atoms with Crippen molar-refractivity contribution < 1.29 is 17.5 Å². The molecule has 0 aromatic heterocycles. The molecular formula is C10H23NO4S. The minimum atomic E-state index is -4.67. The molecule has 0 rings (SSSR count). The van der Waals surface area contributed by atoms with Gasteiger partial charge in [0.15, 0.2) is 0 Å². The second-order valence-corrected chi connectivity index (χ2v) is 4.25. The van der Waals surface area contributed by atoms with Crippen LogP contribution < -0.4 is 5.73 Å². The molecule has 0 aliphatic carbocycles. The summed E-state index contributed by atoms with van der Waals surface area (Å²) < 4.78 is 31.6. The lowest BCUT2D eigenvalue weighted by atomic mass is 10.1. The molecule has 0 bridgehead atoms. The third-order valence-corrected chi connectivity index (χ3v) is 1.78. The van der Waals surface area contributed by atoms with Gasteiger partial charge in [-0.3, -0.25) is 9.11 Å². The highest BCUT2D eigenvalue weighted by molar-refractivity contribution is 7.79. The summed E-state index contributed by atoms with van der Waals surface area (Å²) in [5.74, 6) is 0. The van der Waals surface area contributed by atoms with Crippen molar-refractivity contribution in [2.45, 2.75) is 45.4 Å². The van der Waals surface area contributed by atoms with Gasteiger partial charge >= 0.3 is 10.4 Å². The zero-order chi connectivity index (χ0) is 12.9. The van der Waals surface area contributed by atoms with Gasteiger partial charge in [0.2, 0.25) is 0 Å². The van der Waals surface area contributed by atoms with Crippen LogP contribution in [0.15, 0.2) is 12.2 Å².